The monoisotopic (exact) mass is 207 g/mol. The number of aryl methyl sites for hydroxylation is 1. The average molecular weight is 207 g/mol. The van der Waals surface area contributed by atoms with E-state index in [0.29, 0.717) is 6.42 Å². The van der Waals surface area contributed by atoms with Crippen LogP contribution in [0.1, 0.15) is 18.4 Å². The molecule has 0 saturated carbocycles. The molecule has 15 heavy (non-hydrogen) atoms. The van der Waals surface area contributed by atoms with Crippen molar-refractivity contribution in [2.75, 3.05) is 6.61 Å². The molecule has 3 heteroatoms. The lowest BCUT2D eigenvalue weighted by Crippen LogP contribution is -2.28. The molecule has 82 valence electrons. The van der Waals surface area contributed by atoms with Gasteiger partial charge in [-0.25, -0.2) is 0 Å². The molecular formula is C12H17NO2. The Morgan fingerprint density at radius 1 is 1.40 bits per heavy atom. The molecule has 1 fully saturated rings. The molecule has 0 spiro atoms. The fraction of sp³-hybridized carbons (Fsp3) is 0.417. The average Bonchev–Trinajstić information content (AvgIpc) is 2.66. The number of hydrogen-bond acceptors (Lipinski definition) is 2. The predicted molar refractivity (Wildman–Crippen MR) is 59.4 cm³/mol. The molecule has 0 aliphatic carbocycles. The van der Waals surface area contributed by atoms with E-state index in [2.05, 4.69) is 24.4 Å². The number of carbonyl (C=O) groups is 1. The molecule has 0 bridgehead atoms. The molecule has 2 rings (SSSR count). The summed E-state index contributed by atoms with van der Waals surface area (Å²) in [4.78, 5) is 10.4. The van der Waals surface area contributed by atoms with Crippen molar-refractivity contribution in [1.29, 1.82) is 0 Å². The van der Waals surface area contributed by atoms with E-state index < -0.39 is 0 Å². The standard InChI is InChI=1S/C7H8.C5H9NO2/c1-7-5-3-2-4-6-7;7-3-4-1-2-5(8)6-4/h2-6H,1H3;4,7H,1-3H2,(H,6,8)/t;4-/m.0/s1. The Morgan fingerprint density at radius 3 is 2.33 bits per heavy atom. The highest BCUT2D eigenvalue weighted by Gasteiger charge is 2.18. The summed E-state index contributed by atoms with van der Waals surface area (Å²) in [5, 5.41) is 11.1. The van der Waals surface area contributed by atoms with Crippen molar-refractivity contribution < 1.29 is 9.90 Å². The third kappa shape index (κ3) is 4.61. The zero-order valence-corrected chi connectivity index (χ0v) is 8.94. The molecule has 0 aromatic heterocycles. The second kappa shape index (κ2) is 6.19. The molecule has 1 aromatic carbocycles. The maximum Gasteiger partial charge on any atom is 0.220 e. The van der Waals surface area contributed by atoms with Gasteiger partial charge < -0.3 is 10.4 Å². The SMILES string of the molecule is Cc1ccccc1.O=C1CC[C@@H](CO)N1. The zero-order valence-electron chi connectivity index (χ0n) is 8.94. The normalized spacial score (nSPS) is 19.1. The van der Waals surface area contributed by atoms with Crippen LogP contribution in [0, 0.1) is 6.92 Å². The fourth-order valence-electron chi connectivity index (χ4n) is 1.35. The Kier molecular flexibility index (Phi) is 4.84. The summed E-state index contributed by atoms with van der Waals surface area (Å²) in [6.45, 7) is 2.16. The topological polar surface area (TPSA) is 49.3 Å². The molecule has 1 heterocycles. The van der Waals surface area contributed by atoms with Crippen LogP contribution >= 0.6 is 0 Å². The highest BCUT2D eigenvalue weighted by molar-refractivity contribution is 5.78. The summed E-state index contributed by atoms with van der Waals surface area (Å²) < 4.78 is 0. The number of aliphatic hydroxyl groups is 1. The minimum absolute atomic E-state index is 0.0301. The van der Waals surface area contributed by atoms with Crippen molar-refractivity contribution in [3.63, 3.8) is 0 Å². The van der Waals surface area contributed by atoms with Crippen LogP contribution < -0.4 is 5.32 Å². The van der Waals surface area contributed by atoms with Crippen LogP contribution in [0.2, 0.25) is 0 Å². The molecular weight excluding hydrogens is 190 g/mol. The van der Waals surface area contributed by atoms with E-state index in [0.717, 1.165) is 6.42 Å². The van der Waals surface area contributed by atoms with Gasteiger partial charge in [-0.15, -0.1) is 0 Å². The third-order valence-electron chi connectivity index (χ3n) is 2.25. The van der Waals surface area contributed by atoms with E-state index in [1.807, 2.05) is 18.2 Å². The summed E-state index contributed by atoms with van der Waals surface area (Å²) in [6.07, 6.45) is 1.36. The van der Waals surface area contributed by atoms with Crippen LogP contribution in [0.15, 0.2) is 30.3 Å². The molecule has 1 amide bonds. The Morgan fingerprint density at radius 2 is 2.07 bits per heavy atom. The summed E-state index contributed by atoms with van der Waals surface area (Å²) in [5.74, 6) is 0.0593. The number of amides is 1. The van der Waals surface area contributed by atoms with E-state index in [-0.39, 0.29) is 18.6 Å². The molecule has 0 unspecified atom stereocenters. The minimum atomic E-state index is 0.0301. The number of nitrogens with one attached hydrogen (secondary N) is 1. The Hall–Kier alpha value is -1.35. The second-order valence-electron chi connectivity index (χ2n) is 3.64. The first-order valence-corrected chi connectivity index (χ1v) is 5.14. The summed E-state index contributed by atoms with van der Waals surface area (Å²) in [5.41, 5.74) is 1.32. The van der Waals surface area contributed by atoms with Crippen LogP contribution in [0.3, 0.4) is 0 Å². The van der Waals surface area contributed by atoms with E-state index in [1.54, 1.807) is 0 Å². The van der Waals surface area contributed by atoms with E-state index >= 15 is 0 Å². The van der Waals surface area contributed by atoms with E-state index in [9.17, 15) is 4.79 Å². The fourth-order valence-corrected chi connectivity index (χ4v) is 1.35. The van der Waals surface area contributed by atoms with Crippen LogP contribution in [-0.4, -0.2) is 23.7 Å². The number of benzene rings is 1. The quantitative estimate of drug-likeness (QED) is 0.728. The number of aliphatic hydroxyl groups excluding tert-OH is 1. The Bertz CT molecular complexity index is 298. The van der Waals surface area contributed by atoms with Gasteiger partial charge in [0.2, 0.25) is 5.91 Å². The minimum Gasteiger partial charge on any atom is -0.394 e. The second-order valence-corrected chi connectivity index (χ2v) is 3.64. The number of carbonyl (C=O) groups excluding carboxylic acids is 1. The maximum absolute atomic E-state index is 10.4. The van der Waals surface area contributed by atoms with Gasteiger partial charge in [0.1, 0.15) is 0 Å². The third-order valence-corrected chi connectivity index (χ3v) is 2.25. The highest BCUT2D eigenvalue weighted by Crippen LogP contribution is 2.04. The first kappa shape index (κ1) is 11.7. The molecule has 2 N–H and O–H groups in total. The van der Waals surface area contributed by atoms with Gasteiger partial charge in [-0.3, -0.25) is 4.79 Å². The molecule has 1 aliphatic heterocycles. The summed E-state index contributed by atoms with van der Waals surface area (Å²) in [7, 11) is 0. The van der Waals surface area contributed by atoms with Gasteiger partial charge in [0.05, 0.1) is 12.6 Å². The van der Waals surface area contributed by atoms with Crippen molar-refractivity contribution in [2.24, 2.45) is 0 Å². The first-order chi connectivity index (χ1) is 7.22. The lowest BCUT2D eigenvalue weighted by atomic mass is 10.2. The lowest BCUT2D eigenvalue weighted by molar-refractivity contribution is -0.119. The highest BCUT2D eigenvalue weighted by atomic mass is 16.3. The van der Waals surface area contributed by atoms with Crippen molar-refractivity contribution >= 4 is 5.91 Å². The predicted octanol–water partition coefficient (Wildman–Crippen LogP) is 1.25. The van der Waals surface area contributed by atoms with Crippen molar-refractivity contribution in [3.05, 3.63) is 35.9 Å². The molecule has 3 nitrogen and oxygen atoms in total. The molecule has 1 atom stereocenters. The molecule has 1 saturated heterocycles. The summed E-state index contributed by atoms with van der Waals surface area (Å²) in [6, 6.07) is 10.3. The van der Waals surface area contributed by atoms with E-state index in [4.69, 9.17) is 5.11 Å². The molecule has 1 aromatic rings. The van der Waals surface area contributed by atoms with Gasteiger partial charge in [-0.05, 0) is 13.3 Å². The number of hydrogen-bond donors (Lipinski definition) is 2. The van der Waals surface area contributed by atoms with Crippen LogP contribution in [0.4, 0.5) is 0 Å². The maximum atomic E-state index is 10.4. The van der Waals surface area contributed by atoms with Crippen LogP contribution in [0.5, 0.6) is 0 Å². The van der Waals surface area contributed by atoms with Gasteiger partial charge in [0, 0.05) is 6.42 Å². The summed E-state index contributed by atoms with van der Waals surface area (Å²) >= 11 is 0. The van der Waals surface area contributed by atoms with Crippen molar-refractivity contribution in [2.45, 2.75) is 25.8 Å². The first-order valence-electron chi connectivity index (χ1n) is 5.14. The van der Waals surface area contributed by atoms with Crippen molar-refractivity contribution in [1.82, 2.24) is 5.32 Å². The number of rotatable bonds is 1. The van der Waals surface area contributed by atoms with Crippen molar-refractivity contribution in [3.8, 4) is 0 Å². The van der Waals surface area contributed by atoms with Crippen LogP contribution in [0.25, 0.3) is 0 Å². The van der Waals surface area contributed by atoms with Gasteiger partial charge in [0.25, 0.3) is 0 Å². The smallest absolute Gasteiger partial charge is 0.220 e. The molecule has 1 aliphatic rings. The van der Waals surface area contributed by atoms with Gasteiger partial charge >= 0.3 is 0 Å². The zero-order chi connectivity index (χ0) is 11.1. The van der Waals surface area contributed by atoms with Gasteiger partial charge in [0.15, 0.2) is 0 Å². The molecule has 0 radical (unpaired) electrons. The van der Waals surface area contributed by atoms with Gasteiger partial charge in [-0.2, -0.15) is 0 Å². The van der Waals surface area contributed by atoms with Gasteiger partial charge in [-0.1, -0.05) is 35.9 Å². The largest absolute Gasteiger partial charge is 0.394 e. The Balaban J connectivity index is 0.000000151. The Labute approximate surface area is 90.1 Å². The van der Waals surface area contributed by atoms with Crippen LogP contribution in [-0.2, 0) is 4.79 Å². The lowest BCUT2D eigenvalue weighted by Gasteiger charge is -2.01. The van der Waals surface area contributed by atoms with E-state index in [1.165, 1.54) is 5.56 Å².